The summed E-state index contributed by atoms with van der Waals surface area (Å²) in [5.41, 5.74) is 2.89. The number of sulfonamides is 1. The first-order valence-electron chi connectivity index (χ1n) is 10.7. The molecular formula is C23H29N3O2S. The van der Waals surface area contributed by atoms with Gasteiger partial charge in [-0.1, -0.05) is 36.4 Å². The fourth-order valence-corrected chi connectivity index (χ4v) is 6.53. The highest BCUT2D eigenvalue weighted by Crippen LogP contribution is 2.38. The Bertz CT molecular complexity index is 963. The van der Waals surface area contributed by atoms with Gasteiger partial charge in [0.2, 0.25) is 10.0 Å². The molecule has 3 fully saturated rings. The van der Waals surface area contributed by atoms with Crippen LogP contribution in [0, 0.1) is 11.8 Å². The molecule has 6 heteroatoms. The van der Waals surface area contributed by atoms with E-state index >= 15 is 0 Å². The van der Waals surface area contributed by atoms with Gasteiger partial charge in [0.15, 0.2) is 0 Å². The number of nitrogens with one attached hydrogen (secondary N) is 1. The molecule has 0 amide bonds. The van der Waals surface area contributed by atoms with Crippen LogP contribution in [-0.2, 0) is 16.4 Å². The van der Waals surface area contributed by atoms with Crippen molar-refractivity contribution >= 4 is 15.7 Å². The first-order valence-corrected chi connectivity index (χ1v) is 12.2. The molecule has 5 nitrogen and oxygen atoms in total. The molecule has 4 aliphatic rings. The van der Waals surface area contributed by atoms with E-state index in [1.807, 2.05) is 6.07 Å². The minimum absolute atomic E-state index is 0.314. The molecule has 0 aliphatic carbocycles. The van der Waals surface area contributed by atoms with Crippen molar-refractivity contribution in [1.82, 2.24) is 9.62 Å². The minimum Gasteiger partial charge on any atom is -0.371 e. The summed E-state index contributed by atoms with van der Waals surface area (Å²) >= 11 is 0. The Morgan fingerprint density at radius 1 is 1.00 bits per heavy atom. The number of fused-ring (bicyclic) bond motifs is 4. The van der Waals surface area contributed by atoms with Gasteiger partial charge in [-0.3, -0.25) is 4.90 Å². The Kier molecular flexibility index (Phi) is 5.10. The van der Waals surface area contributed by atoms with Crippen molar-refractivity contribution in [3.63, 3.8) is 0 Å². The lowest BCUT2D eigenvalue weighted by molar-refractivity contribution is 0.00670. The summed E-state index contributed by atoms with van der Waals surface area (Å²) in [6, 6.07) is 17.8. The van der Waals surface area contributed by atoms with E-state index in [1.54, 1.807) is 24.3 Å². The van der Waals surface area contributed by atoms with Crippen molar-refractivity contribution in [2.24, 2.45) is 11.8 Å². The standard InChI is InChI=1S/C23H29N3O2S/c27-29(28,22-7-2-1-3-8-22)24-15-21-14-19-11-12-25(21)16-20(19)17-26-13-10-18-6-4-5-9-23(18)26/h1-9,19-21,24H,10-17H2/t19-,20+,21+/m0/s1. The summed E-state index contributed by atoms with van der Waals surface area (Å²) in [5, 5.41) is 0. The molecule has 29 heavy (non-hydrogen) atoms. The highest BCUT2D eigenvalue weighted by atomic mass is 32.2. The van der Waals surface area contributed by atoms with Gasteiger partial charge in [-0.05, 0) is 61.4 Å². The molecule has 0 aromatic heterocycles. The van der Waals surface area contributed by atoms with Crippen molar-refractivity contribution in [2.45, 2.75) is 30.2 Å². The van der Waals surface area contributed by atoms with Gasteiger partial charge in [0, 0.05) is 37.9 Å². The number of nitrogens with zero attached hydrogens (tertiary/aromatic N) is 2. The van der Waals surface area contributed by atoms with Crippen LogP contribution in [0.5, 0.6) is 0 Å². The molecule has 154 valence electrons. The fourth-order valence-electron chi connectivity index (χ4n) is 5.44. The maximum atomic E-state index is 12.6. The molecule has 2 bridgehead atoms. The molecule has 1 unspecified atom stereocenters. The van der Waals surface area contributed by atoms with E-state index in [2.05, 4.69) is 38.8 Å². The molecule has 2 aromatic rings. The van der Waals surface area contributed by atoms with Crippen molar-refractivity contribution < 1.29 is 8.42 Å². The molecule has 3 saturated heterocycles. The third-order valence-corrected chi connectivity index (χ3v) is 8.45. The predicted molar refractivity (Wildman–Crippen MR) is 116 cm³/mol. The molecule has 6 rings (SSSR count). The lowest BCUT2D eigenvalue weighted by Crippen LogP contribution is -2.58. The number of para-hydroxylation sites is 1. The van der Waals surface area contributed by atoms with Gasteiger partial charge >= 0.3 is 0 Å². The number of rotatable bonds is 6. The molecule has 4 aliphatic heterocycles. The van der Waals surface area contributed by atoms with Crippen LogP contribution in [0.3, 0.4) is 0 Å². The molecule has 0 saturated carbocycles. The van der Waals surface area contributed by atoms with Gasteiger partial charge in [0.1, 0.15) is 0 Å². The number of hydrogen-bond donors (Lipinski definition) is 1. The van der Waals surface area contributed by atoms with E-state index in [1.165, 1.54) is 17.7 Å². The Hall–Kier alpha value is -1.89. The fraction of sp³-hybridized carbons (Fsp3) is 0.478. The zero-order valence-corrected chi connectivity index (χ0v) is 17.5. The lowest BCUT2D eigenvalue weighted by atomic mass is 9.75. The quantitative estimate of drug-likeness (QED) is 0.794. The summed E-state index contributed by atoms with van der Waals surface area (Å²) in [7, 11) is -3.43. The second-order valence-corrected chi connectivity index (χ2v) is 10.4. The Labute approximate surface area is 173 Å². The molecule has 0 radical (unpaired) electrons. The topological polar surface area (TPSA) is 52.7 Å². The monoisotopic (exact) mass is 411 g/mol. The molecule has 0 spiro atoms. The normalized spacial score (nSPS) is 28.5. The second-order valence-electron chi connectivity index (χ2n) is 8.68. The third kappa shape index (κ3) is 3.81. The molecule has 4 atom stereocenters. The van der Waals surface area contributed by atoms with Gasteiger partial charge in [0.05, 0.1) is 4.90 Å². The van der Waals surface area contributed by atoms with Crippen LogP contribution < -0.4 is 9.62 Å². The van der Waals surface area contributed by atoms with Crippen LogP contribution in [0.25, 0.3) is 0 Å². The highest BCUT2D eigenvalue weighted by molar-refractivity contribution is 7.89. The van der Waals surface area contributed by atoms with Gasteiger partial charge in [0.25, 0.3) is 0 Å². The molecule has 4 heterocycles. The van der Waals surface area contributed by atoms with Gasteiger partial charge in [-0.2, -0.15) is 0 Å². The summed E-state index contributed by atoms with van der Waals surface area (Å²) < 4.78 is 28.0. The van der Waals surface area contributed by atoms with Crippen molar-refractivity contribution in [3.8, 4) is 0 Å². The van der Waals surface area contributed by atoms with Crippen molar-refractivity contribution in [2.75, 3.05) is 37.6 Å². The molecular weight excluding hydrogens is 382 g/mol. The van der Waals surface area contributed by atoms with Gasteiger partial charge in [-0.15, -0.1) is 0 Å². The van der Waals surface area contributed by atoms with Crippen LogP contribution in [0.15, 0.2) is 59.5 Å². The Morgan fingerprint density at radius 3 is 2.59 bits per heavy atom. The van der Waals surface area contributed by atoms with Crippen molar-refractivity contribution in [3.05, 3.63) is 60.2 Å². The zero-order valence-electron chi connectivity index (χ0n) is 16.7. The molecule has 2 aromatic carbocycles. The summed E-state index contributed by atoms with van der Waals surface area (Å²) in [5.74, 6) is 1.37. The first-order chi connectivity index (χ1) is 14.1. The number of piperidine rings is 3. The second kappa shape index (κ2) is 7.74. The average Bonchev–Trinajstić information content (AvgIpc) is 3.17. The van der Waals surface area contributed by atoms with Crippen LogP contribution in [0.4, 0.5) is 5.69 Å². The Morgan fingerprint density at radius 2 is 1.79 bits per heavy atom. The van der Waals surface area contributed by atoms with Gasteiger partial charge in [-0.25, -0.2) is 13.1 Å². The summed E-state index contributed by atoms with van der Waals surface area (Å²) in [4.78, 5) is 5.43. The van der Waals surface area contributed by atoms with E-state index in [-0.39, 0.29) is 0 Å². The van der Waals surface area contributed by atoms with E-state index in [0.29, 0.717) is 29.3 Å². The van der Waals surface area contributed by atoms with E-state index in [4.69, 9.17) is 0 Å². The number of anilines is 1. The maximum Gasteiger partial charge on any atom is 0.240 e. The van der Waals surface area contributed by atoms with Crippen molar-refractivity contribution in [1.29, 1.82) is 0 Å². The van der Waals surface area contributed by atoms with Crippen LogP contribution in [-0.4, -0.2) is 52.1 Å². The summed E-state index contributed by atoms with van der Waals surface area (Å²) in [6.45, 7) is 4.94. The largest absolute Gasteiger partial charge is 0.371 e. The minimum atomic E-state index is -3.43. The predicted octanol–water partition coefficient (Wildman–Crippen LogP) is 2.74. The summed E-state index contributed by atoms with van der Waals surface area (Å²) in [6.07, 6.45) is 3.49. The van der Waals surface area contributed by atoms with Crippen LogP contribution in [0.1, 0.15) is 18.4 Å². The van der Waals surface area contributed by atoms with Crippen LogP contribution >= 0.6 is 0 Å². The maximum absolute atomic E-state index is 12.6. The van der Waals surface area contributed by atoms with E-state index in [0.717, 1.165) is 39.0 Å². The Balaban J connectivity index is 1.20. The number of hydrogen-bond acceptors (Lipinski definition) is 4. The number of benzene rings is 2. The first kappa shape index (κ1) is 19.1. The zero-order chi connectivity index (χ0) is 19.8. The highest BCUT2D eigenvalue weighted by Gasteiger charge is 2.41. The van der Waals surface area contributed by atoms with Crippen LogP contribution in [0.2, 0.25) is 0 Å². The van der Waals surface area contributed by atoms with E-state index in [9.17, 15) is 8.42 Å². The SMILES string of the molecule is O=S(=O)(NC[C@H]1C[C@@H]2CCN1C[C@@H]2CN1CCc2ccccc21)c1ccccc1. The third-order valence-electron chi connectivity index (χ3n) is 7.01. The molecule has 1 N–H and O–H groups in total. The smallest absolute Gasteiger partial charge is 0.240 e. The average molecular weight is 412 g/mol. The lowest BCUT2D eigenvalue weighted by Gasteiger charge is -2.50. The van der Waals surface area contributed by atoms with E-state index < -0.39 is 10.0 Å². The van der Waals surface area contributed by atoms with Gasteiger partial charge < -0.3 is 4.90 Å².